The highest BCUT2D eigenvalue weighted by Gasteiger charge is 2.39. The van der Waals surface area contributed by atoms with Crippen LogP contribution in [0.15, 0.2) is 35.1 Å². The summed E-state index contributed by atoms with van der Waals surface area (Å²) in [6, 6.07) is 3.56. The number of nitrogens with two attached hydrogens (primary N) is 1. The quantitative estimate of drug-likeness (QED) is 0.467. The first-order chi connectivity index (χ1) is 16.8. The summed E-state index contributed by atoms with van der Waals surface area (Å²) in [7, 11) is 0. The molecule has 0 aliphatic carbocycles. The topological polar surface area (TPSA) is 121 Å². The predicted molar refractivity (Wildman–Crippen MR) is 112 cm³/mol. The van der Waals surface area contributed by atoms with Crippen LogP contribution in [0.2, 0.25) is 0 Å². The van der Waals surface area contributed by atoms with Crippen LogP contribution >= 0.6 is 0 Å². The van der Waals surface area contributed by atoms with Crippen molar-refractivity contribution in [2.45, 2.75) is 32.7 Å². The van der Waals surface area contributed by atoms with Gasteiger partial charge in [0.1, 0.15) is 34.6 Å². The van der Waals surface area contributed by atoms with Gasteiger partial charge in [0, 0.05) is 12.6 Å². The molecule has 3 aromatic rings. The zero-order valence-electron chi connectivity index (χ0n) is 18.5. The molecule has 0 bridgehead atoms. The Morgan fingerprint density at radius 1 is 1.14 bits per heavy atom. The van der Waals surface area contributed by atoms with Gasteiger partial charge in [0.25, 0.3) is 11.8 Å². The fourth-order valence-corrected chi connectivity index (χ4v) is 3.06. The number of hydrogen-bond acceptors (Lipinski definition) is 5. The highest BCUT2D eigenvalue weighted by molar-refractivity contribution is 6.06. The maximum atomic E-state index is 15.0. The van der Waals surface area contributed by atoms with Crippen molar-refractivity contribution in [2.24, 2.45) is 5.73 Å². The number of rotatable bonds is 7. The number of primary amides is 1. The molecular weight excluding hydrogens is 500 g/mol. The van der Waals surface area contributed by atoms with Crippen LogP contribution in [-0.2, 0) is 6.54 Å². The van der Waals surface area contributed by atoms with E-state index in [4.69, 9.17) is 10.5 Å². The van der Waals surface area contributed by atoms with Gasteiger partial charge in [-0.3, -0.25) is 14.2 Å². The summed E-state index contributed by atoms with van der Waals surface area (Å²) >= 11 is 0. The van der Waals surface area contributed by atoms with Crippen molar-refractivity contribution >= 4 is 17.5 Å². The van der Waals surface area contributed by atoms with Gasteiger partial charge in [0.15, 0.2) is 6.10 Å². The fraction of sp³-hybridized carbons (Fsp3) is 0.238. The minimum atomic E-state index is -4.93. The first-order valence-corrected chi connectivity index (χ1v) is 10.1. The second-order valence-electron chi connectivity index (χ2n) is 7.28. The van der Waals surface area contributed by atoms with Crippen LogP contribution in [-0.4, -0.2) is 38.4 Å². The van der Waals surface area contributed by atoms with Crippen molar-refractivity contribution in [3.8, 4) is 11.4 Å². The molecule has 9 nitrogen and oxygen atoms in total. The Morgan fingerprint density at radius 2 is 1.75 bits per heavy atom. The lowest BCUT2D eigenvalue weighted by Crippen LogP contribution is -2.32. The zero-order chi connectivity index (χ0) is 26.9. The number of aromatic nitrogens is 3. The number of amides is 2. The minimum Gasteiger partial charge on any atom is -0.480 e. The third-order valence-corrected chi connectivity index (χ3v) is 4.89. The lowest BCUT2D eigenvalue weighted by Gasteiger charge is -2.20. The van der Waals surface area contributed by atoms with Crippen LogP contribution in [0.1, 0.15) is 34.8 Å². The van der Waals surface area contributed by atoms with E-state index in [0.29, 0.717) is 23.7 Å². The van der Waals surface area contributed by atoms with E-state index in [1.807, 2.05) is 5.32 Å². The van der Waals surface area contributed by atoms with E-state index in [-0.39, 0.29) is 6.54 Å². The van der Waals surface area contributed by atoms with Crippen molar-refractivity contribution in [1.29, 1.82) is 0 Å². The Morgan fingerprint density at radius 3 is 2.25 bits per heavy atom. The van der Waals surface area contributed by atoms with Crippen molar-refractivity contribution < 1.29 is 40.7 Å². The molecule has 1 aromatic heterocycles. The summed E-state index contributed by atoms with van der Waals surface area (Å²) in [6.07, 6.45) is -7.46. The standard InChI is InChI=1S/C21H17F6N5O4/c1-3-31-18(17(28)33)30-32(20(31)35)14-8-15(36-9(2)21(25,26)27)10(7-13(14)24)19(34)29-16-11(22)5-4-6-12(16)23/h4-9H,3H2,1-2H3,(H2,28,33)(H,29,34). The fourth-order valence-electron chi connectivity index (χ4n) is 3.06. The highest BCUT2D eigenvalue weighted by atomic mass is 19.4. The minimum absolute atomic E-state index is 0.109. The van der Waals surface area contributed by atoms with Gasteiger partial charge >= 0.3 is 11.9 Å². The van der Waals surface area contributed by atoms with E-state index >= 15 is 4.39 Å². The van der Waals surface area contributed by atoms with Crippen molar-refractivity contribution in [3.63, 3.8) is 0 Å². The lowest BCUT2D eigenvalue weighted by atomic mass is 10.1. The number of nitrogens with zero attached hydrogens (tertiary/aromatic N) is 3. The molecule has 1 atom stereocenters. The Bertz CT molecular complexity index is 1380. The number of carbonyl (C=O) groups excluding carboxylic acids is 2. The second kappa shape index (κ2) is 9.75. The molecule has 0 aliphatic rings. The van der Waals surface area contributed by atoms with Gasteiger partial charge in [-0.25, -0.2) is 18.0 Å². The van der Waals surface area contributed by atoms with Gasteiger partial charge in [-0.2, -0.15) is 17.9 Å². The summed E-state index contributed by atoms with van der Waals surface area (Å²) in [6.45, 7) is 1.93. The SMILES string of the molecule is CCn1c(C(N)=O)nn(-c2cc(OC(C)C(F)(F)F)c(C(=O)Nc3c(F)cccc3F)cc2F)c1=O. The number of alkyl halides is 3. The molecule has 0 saturated heterocycles. The molecule has 0 saturated carbocycles. The summed E-state index contributed by atoms with van der Waals surface area (Å²) in [4.78, 5) is 36.9. The maximum Gasteiger partial charge on any atom is 0.425 e. The van der Waals surface area contributed by atoms with Crippen LogP contribution < -0.4 is 21.5 Å². The molecule has 0 fully saturated rings. The predicted octanol–water partition coefficient (Wildman–Crippen LogP) is 3.15. The smallest absolute Gasteiger partial charge is 0.425 e. The van der Waals surface area contributed by atoms with Crippen LogP contribution in [0.4, 0.5) is 32.0 Å². The van der Waals surface area contributed by atoms with Gasteiger partial charge in [-0.1, -0.05) is 6.07 Å². The van der Waals surface area contributed by atoms with Crippen molar-refractivity contribution in [3.05, 3.63) is 69.7 Å². The summed E-state index contributed by atoms with van der Waals surface area (Å²) in [5.74, 6) is -7.80. The first-order valence-electron chi connectivity index (χ1n) is 10.1. The van der Waals surface area contributed by atoms with Crippen molar-refractivity contribution in [2.75, 3.05) is 5.32 Å². The maximum absolute atomic E-state index is 15.0. The number of ether oxygens (including phenoxy) is 1. The Hall–Kier alpha value is -4.30. The molecule has 1 unspecified atom stereocenters. The molecule has 36 heavy (non-hydrogen) atoms. The van der Waals surface area contributed by atoms with Crippen LogP contribution in [0.5, 0.6) is 5.75 Å². The summed E-state index contributed by atoms with van der Waals surface area (Å²) in [5, 5.41) is 5.44. The molecule has 3 N–H and O–H groups in total. The number of nitrogens with one attached hydrogen (secondary N) is 1. The largest absolute Gasteiger partial charge is 0.480 e. The van der Waals surface area contributed by atoms with Gasteiger partial charge in [-0.05, 0) is 32.0 Å². The van der Waals surface area contributed by atoms with Gasteiger partial charge < -0.3 is 15.8 Å². The van der Waals surface area contributed by atoms with E-state index in [9.17, 15) is 36.3 Å². The monoisotopic (exact) mass is 517 g/mol. The highest BCUT2D eigenvalue weighted by Crippen LogP contribution is 2.31. The van der Waals surface area contributed by atoms with E-state index in [1.165, 1.54) is 6.92 Å². The molecule has 1 heterocycles. The Kier molecular flexibility index (Phi) is 7.13. The average Bonchev–Trinajstić information content (AvgIpc) is 3.12. The third-order valence-electron chi connectivity index (χ3n) is 4.89. The molecule has 0 spiro atoms. The summed E-state index contributed by atoms with van der Waals surface area (Å²) in [5.41, 5.74) is 1.49. The first kappa shape index (κ1) is 26.3. The Balaban J connectivity index is 2.18. The molecule has 0 radical (unpaired) electrons. The van der Waals surface area contributed by atoms with E-state index in [1.54, 1.807) is 0 Å². The third kappa shape index (κ3) is 5.04. The molecular formula is C21H17F6N5O4. The van der Waals surface area contributed by atoms with Crippen LogP contribution in [0.3, 0.4) is 0 Å². The number of para-hydroxylation sites is 1. The zero-order valence-corrected chi connectivity index (χ0v) is 18.5. The van der Waals surface area contributed by atoms with Gasteiger partial charge in [-0.15, -0.1) is 5.10 Å². The summed E-state index contributed by atoms with van der Waals surface area (Å²) < 4.78 is 88.3. The number of halogens is 6. The number of hydrogen-bond donors (Lipinski definition) is 2. The van der Waals surface area contributed by atoms with Crippen LogP contribution in [0.25, 0.3) is 5.69 Å². The molecule has 0 aliphatic heterocycles. The molecule has 2 amide bonds. The van der Waals surface area contributed by atoms with Crippen molar-refractivity contribution in [1.82, 2.24) is 14.3 Å². The van der Waals surface area contributed by atoms with Crippen LogP contribution in [0, 0.1) is 17.5 Å². The number of benzene rings is 2. The number of anilines is 1. The second-order valence-corrected chi connectivity index (χ2v) is 7.28. The van der Waals surface area contributed by atoms with Gasteiger partial charge in [0.2, 0.25) is 5.82 Å². The lowest BCUT2D eigenvalue weighted by molar-refractivity contribution is -0.189. The molecule has 192 valence electrons. The van der Waals surface area contributed by atoms with E-state index < -0.39 is 75.7 Å². The average molecular weight is 517 g/mol. The Labute approximate surface area is 198 Å². The molecule has 2 aromatic carbocycles. The van der Waals surface area contributed by atoms with Gasteiger partial charge in [0.05, 0.1) is 5.56 Å². The molecule has 3 rings (SSSR count). The van der Waals surface area contributed by atoms with E-state index in [0.717, 1.165) is 22.8 Å². The molecule has 15 heteroatoms. The van der Waals surface area contributed by atoms with E-state index in [2.05, 4.69) is 5.10 Å². The normalized spacial score (nSPS) is 12.3. The number of carbonyl (C=O) groups is 2.